The van der Waals surface area contributed by atoms with Crippen molar-refractivity contribution in [2.24, 2.45) is 5.41 Å². The Hall–Kier alpha value is -2.75. The summed E-state index contributed by atoms with van der Waals surface area (Å²) in [7, 11) is -4.59. The topological polar surface area (TPSA) is 66.9 Å². The lowest BCUT2D eigenvalue weighted by atomic mass is 9.91. The predicted molar refractivity (Wildman–Crippen MR) is 137 cm³/mol. The second-order valence-corrected chi connectivity index (χ2v) is 12.1. The molecule has 2 aromatic carbocycles. The standard InChI is InChI=1S/C27H35F3N2O4S/c1-6-31(7-2)22-12-11-19(18-32(21-13-14-21)25(33)17-26(3,4)5)24(16-22)36-37(34,35)23-10-8-9-20(15-23)27(28,29)30/h8-12,15-16,21H,6-7,13-14,17-18H2,1-5H3. The number of carbonyl (C=O) groups excluding carboxylic acids is 1. The molecule has 0 aliphatic heterocycles. The van der Waals surface area contributed by atoms with E-state index < -0.39 is 26.8 Å². The van der Waals surface area contributed by atoms with E-state index in [9.17, 15) is 26.4 Å². The average Bonchev–Trinajstić information content (AvgIpc) is 3.62. The van der Waals surface area contributed by atoms with Gasteiger partial charge in [-0.15, -0.1) is 0 Å². The van der Waals surface area contributed by atoms with Crippen LogP contribution in [0.15, 0.2) is 47.4 Å². The Morgan fingerprint density at radius 1 is 1.03 bits per heavy atom. The molecular formula is C27H35F3N2O4S. The third-order valence-corrected chi connectivity index (χ3v) is 7.39. The van der Waals surface area contributed by atoms with Crippen LogP contribution in [0.1, 0.15) is 65.0 Å². The van der Waals surface area contributed by atoms with E-state index in [0.29, 0.717) is 36.8 Å². The van der Waals surface area contributed by atoms with Crippen molar-refractivity contribution in [2.45, 2.75) is 77.5 Å². The highest BCUT2D eigenvalue weighted by Gasteiger charge is 2.35. The number of anilines is 1. The molecule has 0 spiro atoms. The first kappa shape index (κ1) is 28.8. The fraction of sp³-hybridized carbons (Fsp3) is 0.519. The molecule has 0 heterocycles. The lowest BCUT2D eigenvalue weighted by Gasteiger charge is -2.28. The fourth-order valence-corrected chi connectivity index (χ4v) is 5.08. The molecule has 1 aliphatic rings. The lowest BCUT2D eigenvalue weighted by Crippen LogP contribution is -2.35. The maximum absolute atomic E-state index is 13.2. The summed E-state index contributed by atoms with van der Waals surface area (Å²) in [5, 5.41) is 0. The summed E-state index contributed by atoms with van der Waals surface area (Å²) in [6, 6.07) is 8.69. The van der Waals surface area contributed by atoms with Crippen LogP contribution in [-0.2, 0) is 27.6 Å². The van der Waals surface area contributed by atoms with Crippen LogP contribution in [0.5, 0.6) is 5.75 Å². The van der Waals surface area contributed by atoms with Crippen molar-refractivity contribution >= 4 is 21.7 Å². The van der Waals surface area contributed by atoms with Crippen molar-refractivity contribution in [3.8, 4) is 5.75 Å². The Kier molecular flexibility index (Phi) is 8.51. The third kappa shape index (κ3) is 7.63. The van der Waals surface area contributed by atoms with E-state index in [2.05, 4.69) is 0 Å². The average molecular weight is 541 g/mol. The number of amides is 1. The lowest BCUT2D eigenvalue weighted by molar-refractivity contribution is -0.137. The largest absolute Gasteiger partial charge is 0.416 e. The molecule has 0 bridgehead atoms. The monoisotopic (exact) mass is 540 g/mol. The van der Waals surface area contributed by atoms with Crippen LogP contribution in [0.3, 0.4) is 0 Å². The third-order valence-electron chi connectivity index (χ3n) is 6.16. The van der Waals surface area contributed by atoms with Gasteiger partial charge in [-0.05, 0) is 56.4 Å². The molecule has 0 radical (unpaired) electrons. The summed E-state index contributed by atoms with van der Waals surface area (Å²) in [5.41, 5.74) is -0.118. The summed E-state index contributed by atoms with van der Waals surface area (Å²) in [5.74, 6) is -0.0366. The summed E-state index contributed by atoms with van der Waals surface area (Å²) in [6.07, 6.45) is -2.63. The molecule has 1 fully saturated rings. The molecule has 6 nitrogen and oxygen atoms in total. The molecule has 204 valence electrons. The second kappa shape index (κ2) is 10.9. The molecule has 0 atom stereocenters. The Morgan fingerprint density at radius 2 is 1.68 bits per heavy atom. The first-order chi connectivity index (χ1) is 17.1. The Morgan fingerprint density at radius 3 is 2.22 bits per heavy atom. The van der Waals surface area contributed by atoms with Gasteiger partial charge in [0.15, 0.2) is 0 Å². The molecule has 37 heavy (non-hydrogen) atoms. The maximum Gasteiger partial charge on any atom is 0.416 e. The van der Waals surface area contributed by atoms with Gasteiger partial charge in [-0.2, -0.15) is 21.6 Å². The Bertz CT molecular complexity index is 1210. The molecule has 1 aliphatic carbocycles. The number of benzene rings is 2. The normalized spacial score (nSPS) is 14.4. The molecule has 0 aromatic heterocycles. The van der Waals surface area contributed by atoms with Gasteiger partial charge in [0.1, 0.15) is 10.6 Å². The Labute approximate surface area is 217 Å². The number of rotatable bonds is 10. The minimum atomic E-state index is -4.70. The van der Waals surface area contributed by atoms with E-state index in [-0.39, 0.29) is 29.7 Å². The van der Waals surface area contributed by atoms with Gasteiger partial charge < -0.3 is 14.0 Å². The number of halogens is 3. The van der Waals surface area contributed by atoms with Gasteiger partial charge in [0, 0.05) is 49.4 Å². The van der Waals surface area contributed by atoms with E-state index in [1.54, 1.807) is 17.0 Å². The zero-order chi connectivity index (χ0) is 27.6. The highest BCUT2D eigenvalue weighted by Crippen LogP contribution is 2.36. The van der Waals surface area contributed by atoms with E-state index in [1.165, 1.54) is 0 Å². The second-order valence-electron chi connectivity index (χ2n) is 10.5. The number of alkyl halides is 3. The number of hydrogen-bond acceptors (Lipinski definition) is 5. The van der Waals surface area contributed by atoms with E-state index in [4.69, 9.17) is 4.18 Å². The summed E-state index contributed by atoms with van der Waals surface area (Å²) < 4.78 is 71.4. The van der Waals surface area contributed by atoms with Crippen LogP contribution in [0.4, 0.5) is 18.9 Å². The first-order valence-electron chi connectivity index (χ1n) is 12.4. The van der Waals surface area contributed by atoms with Crippen molar-refractivity contribution in [1.82, 2.24) is 4.90 Å². The van der Waals surface area contributed by atoms with Crippen molar-refractivity contribution in [3.63, 3.8) is 0 Å². The zero-order valence-electron chi connectivity index (χ0n) is 21.9. The van der Waals surface area contributed by atoms with Gasteiger partial charge >= 0.3 is 16.3 Å². The van der Waals surface area contributed by atoms with Crippen molar-refractivity contribution in [2.75, 3.05) is 18.0 Å². The van der Waals surface area contributed by atoms with E-state index in [0.717, 1.165) is 31.0 Å². The molecule has 3 rings (SSSR count). The molecule has 1 amide bonds. The van der Waals surface area contributed by atoms with Crippen LogP contribution in [0, 0.1) is 5.41 Å². The minimum absolute atomic E-state index is 0.00368. The number of carbonyl (C=O) groups is 1. The van der Waals surface area contributed by atoms with Crippen molar-refractivity contribution < 1.29 is 30.6 Å². The molecule has 0 unspecified atom stereocenters. The quantitative estimate of drug-likeness (QED) is 0.334. The smallest absolute Gasteiger partial charge is 0.379 e. The molecule has 0 N–H and O–H groups in total. The highest BCUT2D eigenvalue weighted by molar-refractivity contribution is 7.87. The molecule has 10 heteroatoms. The summed E-state index contributed by atoms with van der Waals surface area (Å²) in [4.78, 5) is 16.3. The van der Waals surface area contributed by atoms with Crippen molar-refractivity contribution in [3.05, 3.63) is 53.6 Å². The van der Waals surface area contributed by atoms with E-state index >= 15 is 0 Å². The Balaban J connectivity index is 2.01. The van der Waals surface area contributed by atoms with Crippen molar-refractivity contribution in [1.29, 1.82) is 0 Å². The first-order valence-corrected chi connectivity index (χ1v) is 13.8. The van der Waals surface area contributed by atoms with Crippen LogP contribution in [0.2, 0.25) is 0 Å². The van der Waals surface area contributed by atoms with E-state index in [1.807, 2.05) is 45.6 Å². The number of nitrogens with zero attached hydrogens (tertiary/aromatic N) is 2. The van der Waals surface area contributed by atoms with Gasteiger partial charge in [-0.1, -0.05) is 32.9 Å². The van der Waals surface area contributed by atoms with Gasteiger partial charge in [0.25, 0.3) is 0 Å². The van der Waals surface area contributed by atoms with Crippen LogP contribution >= 0.6 is 0 Å². The van der Waals surface area contributed by atoms with Gasteiger partial charge in [0.05, 0.1) is 5.56 Å². The maximum atomic E-state index is 13.2. The SMILES string of the molecule is CCN(CC)c1ccc(CN(C(=O)CC(C)(C)C)C2CC2)c(OS(=O)(=O)c2cccc(C(F)(F)F)c2)c1. The summed E-state index contributed by atoms with van der Waals surface area (Å²) >= 11 is 0. The summed E-state index contributed by atoms with van der Waals surface area (Å²) in [6.45, 7) is 11.3. The fourth-order valence-electron chi connectivity index (χ4n) is 4.08. The molecular weight excluding hydrogens is 505 g/mol. The van der Waals surface area contributed by atoms with Gasteiger partial charge in [0.2, 0.25) is 5.91 Å². The van der Waals surface area contributed by atoms with Crippen LogP contribution < -0.4 is 9.08 Å². The number of hydrogen-bond donors (Lipinski definition) is 0. The molecule has 2 aromatic rings. The van der Waals surface area contributed by atoms with Gasteiger partial charge in [-0.3, -0.25) is 4.79 Å². The van der Waals surface area contributed by atoms with Crippen LogP contribution in [-0.4, -0.2) is 38.4 Å². The highest BCUT2D eigenvalue weighted by atomic mass is 32.2. The van der Waals surface area contributed by atoms with Crippen LogP contribution in [0.25, 0.3) is 0 Å². The predicted octanol–water partition coefficient (Wildman–Crippen LogP) is 6.25. The minimum Gasteiger partial charge on any atom is -0.379 e. The zero-order valence-corrected chi connectivity index (χ0v) is 22.7. The molecule has 0 saturated heterocycles. The molecule has 1 saturated carbocycles. The van der Waals surface area contributed by atoms with Gasteiger partial charge in [-0.25, -0.2) is 0 Å².